The number of hydrogen-bond acceptors (Lipinski definition) is 4. The molecule has 1 aromatic carbocycles. The Morgan fingerprint density at radius 2 is 1.83 bits per heavy atom. The Labute approximate surface area is 134 Å². The fourth-order valence-electron chi connectivity index (χ4n) is 2.66. The van der Waals surface area contributed by atoms with E-state index in [2.05, 4.69) is 10.2 Å². The second-order valence-electron chi connectivity index (χ2n) is 5.54. The third kappa shape index (κ3) is 4.45. The molecule has 1 aromatic rings. The summed E-state index contributed by atoms with van der Waals surface area (Å²) in [5, 5.41) is 11.3. The highest BCUT2D eigenvalue weighted by atomic mass is 16.4. The van der Waals surface area contributed by atoms with Gasteiger partial charge in [-0.05, 0) is 17.7 Å². The molecule has 1 saturated heterocycles. The second kappa shape index (κ2) is 7.62. The molecule has 0 aliphatic carbocycles. The maximum absolute atomic E-state index is 11.3. The largest absolute Gasteiger partial charge is 0.480 e. The fourth-order valence-corrected chi connectivity index (χ4v) is 2.66. The number of amides is 2. The maximum Gasteiger partial charge on any atom is 0.326 e. The van der Waals surface area contributed by atoms with E-state index >= 15 is 0 Å². The molecule has 1 atom stereocenters. The summed E-state index contributed by atoms with van der Waals surface area (Å²) in [7, 11) is 0. The summed E-state index contributed by atoms with van der Waals surface area (Å²) < 4.78 is 0. The number of carbonyl (C=O) groups is 3. The first-order chi connectivity index (χ1) is 11.0. The third-order valence-electron chi connectivity index (χ3n) is 4.03. The van der Waals surface area contributed by atoms with E-state index in [9.17, 15) is 14.4 Å². The number of nitrogens with one attached hydrogen (secondary N) is 1. The first-order valence-electron chi connectivity index (χ1n) is 7.53. The normalized spacial score (nSPS) is 15.9. The van der Waals surface area contributed by atoms with E-state index in [1.165, 1.54) is 0 Å². The summed E-state index contributed by atoms with van der Waals surface area (Å²) >= 11 is 0. The zero-order chi connectivity index (χ0) is 16.8. The molecule has 2 amide bonds. The summed E-state index contributed by atoms with van der Waals surface area (Å²) in [6.45, 7) is 4.56. The van der Waals surface area contributed by atoms with E-state index in [1.807, 2.05) is 29.2 Å². The molecule has 1 aliphatic heterocycles. The van der Waals surface area contributed by atoms with Crippen LogP contribution in [-0.4, -0.2) is 60.5 Å². The number of aliphatic carboxylic acids is 1. The van der Waals surface area contributed by atoms with E-state index in [4.69, 9.17) is 5.11 Å². The number of rotatable bonds is 6. The lowest BCUT2D eigenvalue weighted by Crippen LogP contribution is -2.48. The SMILES string of the molecule is CC(=O)N1CCN(c2ccc(CC(NC=O)C(=O)O)cc2)CC1. The van der Waals surface area contributed by atoms with Crippen LogP contribution in [0.4, 0.5) is 5.69 Å². The van der Waals surface area contributed by atoms with Crippen molar-refractivity contribution < 1.29 is 19.5 Å². The highest BCUT2D eigenvalue weighted by Gasteiger charge is 2.19. The van der Waals surface area contributed by atoms with Crippen LogP contribution in [0, 0.1) is 0 Å². The number of carboxylic acid groups (broad SMARTS) is 1. The van der Waals surface area contributed by atoms with Crippen LogP contribution in [0.5, 0.6) is 0 Å². The van der Waals surface area contributed by atoms with Crippen LogP contribution in [0.2, 0.25) is 0 Å². The Hall–Kier alpha value is -2.57. The van der Waals surface area contributed by atoms with Gasteiger partial charge in [0.15, 0.2) is 0 Å². The number of hydrogen-bond donors (Lipinski definition) is 2. The average molecular weight is 319 g/mol. The molecule has 2 N–H and O–H groups in total. The van der Waals surface area contributed by atoms with Gasteiger partial charge in [0, 0.05) is 45.2 Å². The van der Waals surface area contributed by atoms with Gasteiger partial charge in [-0.25, -0.2) is 4.79 Å². The molecule has 0 bridgehead atoms. The number of carboxylic acids is 1. The minimum Gasteiger partial charge on any atom is -0.480 e. The van der Waals surface area contributed by atoms with Gasteiger partial charge in [0.2, 0.25) is 12.3 Å². The third-order valence-corrected chi connectivity index (χ3v) is 4.03. The number of anilines is 1. The predicted octanol–water partition coefficient (Wildman–Crippen LogP) is 0.0968. The lowest BCUT2D eigenvalue weighted by molar-refractivity contribution is -0.140. The maximum atomic E-state index is 11.3. The first kappa shape index (κ1) is 16.8. The molecule has 7 heteroatoms. The highest BCUT2D eigenvalue weighted by Crippen LogP contribution is 2.18. The number of nitrogens with zero attached hydrogens (tertiary/aromatic N) is 2. The number of piperazine rings is 1. The Balaban J connectivity index is 1.96. The van der Waals surface area contributed by atoms with Gasteiger partial charge in [-0.1, -0.05) is 12.1 Å². The van der Waals surface area contributed by atoms with Crippen molar-refractivity contribution >= 4 is 24.0 Å². The van der Waals surface area contributed by atoms with Gasteiger partial charge in [0.25, 0.3) is 0 Å². The molecule has 7 nitrogen and oxygen atoms in total. The highest BCUT2D eigenvalue weighted by molar-refractivity contribution is 5.76. The van der Waals surface area contributed by atoms with Gasteiger partial charge in [0.1, 0.15) is 6.04 Å². The lowest BCUT2D eigenvalue weighted by Gasteiger charge is -2.35. The van der Waals surface area contributed by atoms with Crippen molar-refractivity contribution in [2.75, 3.05) is 31.1 Å². The predicted molar refractivity (Wildman–Crippen MR) is 85.2 cm³/mol. The topological polar surface area (TPSA) is 90.0 Å². The zero-order valence-electron chi connectivity index (χ0n) is 13.1. The molecular weight excluding hydrogens is 298 g/mol. The van der Waals surface area contributed by atoms with Crippen LogP contribution < -0.4 is 10.2 Å². The van der Waals surface area contributed by atoms with Crippen molar-refractivity contribution in [1.29, 1.82) is 0 Å². The summed E-state index contributed by atoms with van der Waals surface area (Å²) in [4.78, 5) is 36.8. The smallest absolute Gasteiger partial charge is 0.326 e. The lowest BCUT2D eigenvalue weighted by atomic mass is 10.1. The molecule has 23 heavy (non-hydrogen) atoms. The van der Waals surface area contributed by atoms with Crippen LogP contribution in [0.3, 0.4) is 0 Å². The quantitative estimate of drug-likeness (QED) is 0.726. The van der Waals surface area contributed by atoms with Crippen molar-refractivity contribution in [3.05, 3.63) is 29.8 Å². The van der Waals surface area contributed by atoms with Crippen molar-refractivity contribution in [1.82, 2.24) is 10.2 Å². The molecule has 2 rings (SSSR count). The van der Waals surface area contributed by atoms with Crippen molar-refractivity contribution in [3.63, 3.8) is 0 Å². The minimum atomic E-state index is -1.05. The molecule has 0 spiro atoms. The van der Waals surface area contributed by atoms with Crippen molar-refractivity contribution in [2.45, 2.75) is 19.4 Å². The van der Waals surface area contributed by atoms with Crippen LogP contribution in [0.1, 0.15) is 12.5 Å². The minimum absolute atomic E-state index is 0.0994. The van der Waals surface area contributed by atoms with Gasteiger partial charge in [0.05, 0.1) is 0 Å². The Morgan fingerprint density at radius 1 is 1.22 bits per heavy atom. The van der Waals surface area contributed by atoms with Crippen molar-refractivity contribution in [3.8, 4) is 0 Å². The first-order valence-corrected chi connectivity index (χ1v) is 7.53. The van der Waals surface area contributed by atoms with E-state index in [0.717, 1.165) is 24.3 Å². The Kier molecular flexibility index (Phi) is 5.56. The van der Waals surface area contributed by atoms with E-state index in [0.29, 0.717) is 19.5 Å². The number of carbonyl (C=O) groups excluding carboxylic acids is 2. The number of benzene rings is 1. The van der Waals surface area contributed by atoms with E-state index in [-0.39, 0.29) is 12.3 Å². The van der Waals surface area contributed by atoms with Crippen LogP contribution >= 0.6 is 0 Å². The summed E-state index contributed by atoms with van der Waals surface area (Å²) in [6, 6.07) is 6.71. The summed E-state index contributed by atoms with van der Waals surface area (Å²) in [6.07, 6.45) is 0.647. The average Bonchev–Trinajstić information content (AvgIpc) is 2.55. The molecule has 124 valence electrons. The van der Waals surface area contributed by atoms with Gasteiger partial charge >= 0.3 is 5.97 Å². The van der Waals surface area contributed by atoms with E-state index in [1.54, 1.807) is 6.92 Å². The van der Waals surface area contributed by atoms with Crippen LogP contribution in [0.15, 0.2) is 24.3 Å². The zero-order valence-corrected chi connectivity index (χ0v) is 13.1. The van der Waals surface area contributed by atoms with Crippen LogP contribution in [-0.2, 0) is 20.8 Å². The van der Waals surface area contributed by atoms with Crippen LogP contribution in [0.25, 0.3) is 0 Å². The fraction of sp³-hybridized carbons (Fsp3) is 0.438. The molecule has 1 fully saturated rings. The van der Waals surface area contributed by atoms with Gasteiger partial charge in [-0.3, -0.25) is 9.59 Å². The molecule has 1 aliphatic rings. The Bertz CT molecular complexity index is 565. The van der Waals surface area contributed by atoms with Gasteiger partial charge in [-0.15, -0.1) is 0 Å². The molecule has 0 radical (unpaired) electrons. The molecule has 0 saturated carbocycles. The summed E-state index contributed by atoms with van der Waals surface area (Å²) in [5.41, 5.74) is 1.89. The summed E-state index contributed by atoms with van der Waals surface area (Å²) in [5.74, 6) is -0.955. The monoisotopic (exact) mass is 319 g/mol. The van der Waals surface area contributed by atoms with Crippen molar-refractivity contribution in [2.24, 2.45) is 0 Å². The molecule has 1 heterocycles. The molecule has 1 unspecified atom stereocenters. The molecule has 0 aromatic heterocycles. The van der Waals surface area contributed by atoms with Gasteiger partial charge in [-0.2, -0.15) is 0 Å². The van der Waals surface area contributed by atoms with Gasteiger partial charge < -0.3 is 20.2 Å². The second-order valence-corrected chi connectivity index (χ2v) is 5.54. The standard InChI is InChI=1S/C16H21N3O4/c1-12(21)18-6-8-19(9-7-18)14-4-2-13(3-5-14)10-15(16(22)23)17-11-20/h2-5,11,15H,6-10H2,1H3,(H,17,20)(H,22,23). The Morgan fingerprint density at radius 3 is 2.30 bits per heavy atom. The molecular formula is C16H21N3O4. The van der Waals surface area contributed by atoms with E-state index < -0.39 is 12.0 Å².